The average molecular weight is 484 g/mol. The third-order valence-corrected chi connectivity index (χ3v) is 6.00. The van der Waals surface area contributed by atoms with Gasteiger partial charge in [0.1, 0.15) is 0 Å². The van der Waals surface area contributed by atoms with Crippen LogP contribution in [0.4, 0.5) is 0 Å². The van der Waals surface area contributed by atoms with Crippen LogP contribution in [0.1, 0.15) is 50.7 Å². The van der Waals surface area contributed by atoms with Gasteiger partial charge in [-0.15, -0.1) is 24.0 Å². The molecule has 1 aromatic rings. The first-order valence-electron chi connectivity index (χ1n) is 10.5. The molecule has 1 heterocycles. The molecule has 2 aliphatic rings. The molecule has 27 heavy (non-hydrogen) atoms. The number of nitrogens with one attached hydrogen (secondary N) is 1. The highest BCUT2D eigenvalue weighted by Crippen LogP contribution is 2.42. The van der Waals surface area contributed by atoms with Gasteiger partial charge in [0, 0.05) is 38.1 Å². The second-order valence-corrected chi connectivity index (χ2v) is 7.83. The summed E-state index contributed by atoms with van der Waals surface area (Å²) in [4.78, 5) is 9.85. The van der Waals surface area contributed by atoms with Crippen LogP contribution in [-0.4, -0.2) is 61.1 Å². The molecule has 3 atom stereocenters. The maximum atomic E-state index is 4.81. The number of aliphatic imine (C=N–C) groups is 1. The van der Waals surface area contributed by atoms with E-state index in [1.807, 2.05) is 0 Å². The van der Waals surface area contributed by atoms with Crippen molar-refractivity contribution in [2.24, 2.45) is 10.9 Å². The lowest BCUT2D eigenvalue weighted by Crippen LogP contribution is -2.42. The first-order chi connectivity index (χ1) is 12.7. The second-order valence-electron chi connectivity index (χ2n) is 7.83. The Kier molecular flexibility index (Phi) is 8.86. The first kappa shape index (κ1) is 22.5. The number of hydrogen-bond acceptors (Lipinski definition) is 2. The van der Waals surface area contributed by atoms with E-state index in [2.05, 4.69) is 67.1 Å². The number of halogens is 1. The van der Waals surface area contributed by atoms with Crippen molar-refractivity contribution in [1.82, 2.24) is 15.1 Å². The van der Waals surface area contributed by atoms with Gasteiger partial charge in [-0.25, -0.2) is 0 Å². The summed E-state index contributed by atoms with van der Waals surface area (Å²) < 4.78 is 0. The molecule has 0 amide bonds. The van der Waals surface area contributed by atoms with Crippen LogP contribution >= 0.6 is 24.0 Å². The van der Waals surface area contributed by atoms with Crippen LogP contribution in [0.15, 0.2) is 29.3 Å². The number of rotatable bonds is 7. The zero-order chi connectivity index (χ0) is 18.5. The third-order valence-electron chi connectivity index (χ3n) is 6.00. The number of likely N-dealkylation sites (tertiary alicyclic amines) is 1. The van der Waals surface area contributed by atoms with Gasteiger partial charge in [0.2, 0.25) is 0 Å². The van der Waals surface area contributed by atoms with Gasteiger partial charge in [0.05, 0.1) is 0 Å². The quantitative estimate of drug-likeness (QED) is 0.359. The Labute approximate surface area is 182 Å². The molecule has 3 unspecified atom stereocenters. The molecular weight excluding hydrogens is 447 g/mol. The number of hydrogen-bond donors (Lipinski definition) is 1. The third kappa shape index (κ3) is 5.83. The Morgan fingerprint density at radius 1 is 1.22 bits per heavy atom. The molecule has 2 fully saturated rings. The first-order valence-corrected chi connectivity index (χ1v) is 10.5. The fourth-order valence-electron chi connectivity index (χ4n) is 4.27. The highest BCUT2D eigenvalue weighted by Gasteiger charge is 2.40. The van der Waals surface area contributed by atoms with Gasteiger partial charge in [0.15, 0.2) is 5.96 Å². The van der Waals surface area contributed by atoms with E-state index < -0.39 is 0 Å². The minimum Gasteiger partial charge on any atom is -0.353 e. The largest absolute Gasteiger partial charge is 0.353 e. The maximum Gasteiger partial charge on any atom is 0.194 e. The summed E-state index contributed by atoms with van der Waals surface area (Å²) in [5.74, 6) is 2.55. The van der Waals surface area contributed by atoms with Crippen LogP contribution < -0.4 is 5.32 Å². The van der Waals surface area contributed by atoms with Gasteiger partial charge in [-0.05, 0) is 56.8 Å². The van der Waals surface area contributed by atoms with E-state index in [1.54, 1.807) is 0 Å². The van der Waals surface area contributed by atoms with E-state index in [1.165, 1.54) is 30.5 Å². The lowest BCUT2D eigenvalue weighted by atomic mass is 10.0. The lowest BCUT2D eigenvalue weighted by Gasteiger charge is -2.25. The standard InChI is InChI=1S/C22H36N4.HI/c1-5-23-22(26-13-12-18(16-26)15-25(6-2)7-3)24-21-14-20(21)19-11-9-8-10-17(19)4;/h8-11,18,20-21H,5-7,12-16H2,1-4H3,(H,23,24);1H. The smallest absolute Gasteiger partial charge is 0.194 e. The van der Waals surface area contributed by atoms with Crippen LogP contribution in [0.5, 0.6) is 0 Å². The number of aryl methyl sites for hydroxylation is 1. The van der Waals surface area contributed by atoms with Crippen molar-refractivity contribution in [2.45, 2.75) is 52.5 Å². The van der Waals surface area contributed by atoms with Crippen LogP contribution in [0.3, 0.4) is 0 Å². The molecule has 1 aliphatic carbocycles. The topological polar surface area (TPSA) is 30.9 Å². The lowest BCUT2D eigenvalue weighted by molar-refractivity contribution is 0.255. The Morgan fingerprint density at radius 2 is 1.96 bits per heavy atom. The summed E-state index contributed by atoms with van der Waals surface area (Å²) in [7, 11) is 0. The number of benzene rings is 1. The number of guanidine groups is 1. The minimum atomic E-state index is 0. The fraction of sp³-hybridized carbons (Fsp3) is 0.682. The molecule has 1 aromatic carbocycles. The van der Waals surface area contributed by atoms with E-state index in [-0.39, 0.29) is 24.0 Å². The predicted octanol–water partition coefficient (Wildman–Crippen LogP) is 4.10. The van der Waals surface area contributed by atoms with E-state index in [0.717, 1.165) is 44.6 Å². The van der Waals surface area contributed by atoms with E-state index >= 15 is 0 Å². The molecule has 0 spiro atoms. The van der Waals surface area contributed by atoms with Crippen molar-refractivity contribution in [3.8, 4) is 0 Å². The highest BCUT2D eigenvalue weighted by molar-refractivity contribution is 14.0. The molecular formula is C22H37IN4. The fourth-order valence-corrected chi connectivity index (χ4v) is 4.27. The van der Waals surface area contributed by atoms with Crippen LogP contribution in [0, 0.1) is 12.8 Å². The second kappa shape index (κ2) is 10.6. The van der Waals surface area contributed by atoms with E-state index in [4.69, 9.17) is 4.99 Å². The molecule has 3 rings (SSSR count). The minimum absolute atomic E-state index is 0. The normalized spacial score (nSPS) is 24.9. The molecule has 1 saturated carbocycles. The molecule has 1 N–H and O–H groups in total. The zero-order valence-electron chi connectivity index (χ0n) is 17.4. The summed E-state index contributed by atoms with van der Waals surface area (Å²) >= 11 is 0. The molecule has 0 aromatic heterocycles. The van der Waals surface area contributed by atoms with Crippen LogP contribution in [-0.2, 0) is 0 Å². The predicted molar refractivity (Wildman–Crippen MR) is 126 cm³/mol. The van der Waals surface area contributed by atoms with Crippen LogP contribution in [0.25, 0.3) is 0 Å². The van der Waals surface area contributed by atoms with Crippen LogP contribution in [0.2, 0.25) is 0 Å². The molecule has 0 bridgehead atoms. The molecule has 1 aliphatic heterocycles. The van der Waals surface area contributed by atoms with Gasteiger partial charge >= 0.3 is 0 Å². The monoisotopic (exact) mass is 484 g/mol. The van der Waals surface area contributed by atoms with E-state index in [9.17, 15) is 0 Å². The Morgan fingerprint density at radius 3 is 2.63 bits per heavy atom. The van der Waals surface area contributed by atoms with Crippen molar-refractivity contribution >= 4 is 29.9 Å². The Hall–Kier alpha value is -0.820. The molecule has 152 valence electrons. The van der Waals surface area contributed by atoms with E-state index in [0.29, 0.717) is 12.0 Å². The zero-order valence-corrected chi connectivity index (χ0v) is 19.8. The van der Waals surface area contributed by atoms with Gasteiger partial charge < -0.3 is 15.1 Å². The van der Waals surface area contributed by atoms with Crippen molar-refractivity contribution in [3.05, 3.63) is 35.4 Å². The van der Waals surface area contributed by atoms with Gasteiger partial charge in [-0.3, -0.25) is 4.99 Å². The van der Waals surface area contributed by atoms with Gasteiger partial charge in [0.25, 0.3) is 0 Å². The summed E-state index contributed by atoms with van der Waals surface area (Å²) in [6, 6.07) is 9.35. The van der Waals surface area contributed by atoms with Crippen molar-refractivity contribution in [2.75, 3.05) is 39.3 Å². The van der Waals surface area contributed by atoms with Crippen molar-refractivity contribution < 1.29 is 0 Å². The molecule has 0 radical (unpaired) electrons. The Balaban J connectivity index is 0.00000261. The summed E-state index contributed by atoms with van der Waals surface area (Å²) in [6.45, 7) is 15.5. The van der Waals surface area contributed by atoms with Crippen molar-refractivity contribution in [3.63, 3.8) is 0 Å². The average Bonchev–Trinajstić information content (AvgIpc) is 3.25. The van der Waals surface area contributed by atoms with Gasteiger partial charge in [-0.2, -0.15) is 0 Å². The summed E-state index contributed by atoms with van der Waals surface area (Å²) in [5, 5.41) is 3.77. The summed E-state index contributed by atoms with van der Waals surface area (Å²) in [6.07, 6.45) is 2.51. The summed E-state index contributed by atoms with van der Waals surface area (Å²) in [5.41, 5.74) is 2.91. The maximum absolute atomic E-state index is 4.81. The molecule has 5 heteroatoms. The molecule has 4 nitrogen and oxygen atoms in total. The van der Waals surface area contributed by atoms with Gasteiger partial charge in [-0.1, -0.05) is 38.1 Å². The Bertz CT molecular complexity index is 614. The molecule has 1 saturated heterocycles. The van der Waals surface area contributed by atoms with Crippen molar-refractivity contribution in [1.29, 1.82) is 0 Å². The SMILES string of the molecule is CCN=C(NC1CC1c1ccccc1C)N1CCC(CN(CC)CC)C1.I. The highest BCUT2D eigenvalue weighted by atomic mass is 127. The number of nitrogens with zero attached hydrogens (tertiary/aromatic N) is 3.